The quantitative estimate of drug-likeness (QED) is 0.277. The van der Waals surface area contributed by atoms with Crippen molar-refractivity contribution in [1.29, 1.82) is 5.26 Å². The summed E-state index contributed by atoms with van der Waals surface area (Å²) in [4.78, 5) is 39.8. The van der Waals surface area contributed by atoms with Crippen LogP contribution < -0.4 is 10.5 Å². The van der Waals surface area contributed by atoms with Gasteiger partial charge in [0, 0.05) is 42.8 Å². The van der Waals surface area contributed by atoms with Crippen molar-refractivity contribution in [3.05, 3.63) is 93.3 Å². The summed E-state index contributed by atoms with van der Waals surface area (Å²) in [7, 11) is 0. The fourth-order valence-electron chi connectivity index (χ4n) is 5.64. The van der Waals surface area contributed by atoms with Crippen LogP contribution in [0.4, 0.5) is 10.1 Å². The van der Waals surface area contributed by atoms with Crippen molar-refractivity contribution >= 4 is 34.2 Å². The summed E-state index contributed by atoms with van der Waals surface area (Å²) in [6, 6.07) is 11.5. The number of anilines is 1. The number of amides is 1. The van der Waals surface area contributed by atoms with Gasteiger partial charge in [-0.2, -0.15) is 5.26 Å². The standard InChI is InChI=1S/C32H30ClFN6O2/c1-6-26(41)39-14-13-38(17-20(39)5)30-22-15-24(33)28(21-9-7-8-10-25(21)34)37-31(22)40(32(42)23(30)16-35)29-19(4)11-12-36-27(29)18(2)3/h6-12,15,18,20H,1,13-14,17H2,2-5H3/t20-/m0/s1. The first-order valence-corrected chi connectivity index (χ1v) is 14.0. The van der Waals surface area contributed by atoms with E-state index in [0.29, 0.717) is 42.1 Å². The van der Waals surface area contributed by atoms with Gasteiger partial charge >= 0.3 is 0 Å². The number of aromatic nitrogens is 3. The lowest BCUT2D eigenvalue weighted by molar-refractivity contribution is -0.128. The molecule has 1 aliphatic rings. The summed E-state index contributed by atoms with van der Waals surface area (Å²) < 4.78 is 16.4. The SMILES string of the molecule is C=CC(=O)N1CCN(c2c(C#N)c(=O)n(-c3c(C)ccnc3C(C)C)c3nc(-c4ccccc4F)c(Cl)cc23)C[C@@H]1C. The summed E-state index contributed by atoms with van der Waals surface area (Å²) in [6.07, 6.45) is 2.96. The molecule has 1 aliphatic heterocycles. The zero-order valence-corrected chi connectivity index (χ0v) is 24.6. The third-order valence-electron chi connectivity index (χ3n) is 7.64. The second-order valence-corrected chi connectivity index (χ2v) is 11.1. The van der Waals surface area contributed by atoms with E-state index in [1.54, 1.807) is 41.4 Å². The van der Waals surface area contributed by atoms with Gasteiger partial charge in [0.2, 0.25) is 5.91 Å². The minimum absolute atomic E-state index is 0.0540. The van der Waals surface area contributed by atoms with Gasteiger partial charge in [-0.05, 0) is 55.7 Å². The highest BCUT2D eigenvalue weighted by atomic mass is 35.5. The molecule has 0 saturated carbocycles. The van der Waals surface area contributed by atoms with Gasteiger partial charge in [-0.1, -0.05) is 44.2 Å². The highest BCUT2D eigenvalue weighted by molar-refractivity contribution is 6.34. The zero-order valence-electron chi connectivity index (χ0n) is 23.9. The van der Waals surface area contributed by atoms with Crippen LogP contribution in [0.1, 0.15) is 43.5 Å². The number of nitrogens with zero attached hydrogens (tertiary/aromatic N) is 6. The van der Waals surface area contributed by atoms with Crippen LogP contribution >= 0.6 is 11.6 Å². The number of piperazine rings is 1. The Morgan fingerprint density at radius 3 is 2.62 bits per heavy atom. The summed E-state index contributed by atoms with van der Waals surface area (Å²) >= 11 is 6.79. The van der Waals surface area contributed by atoms with Crippen molar-refractivity contribution in [1.82, 2.24) is 19.4 Å². The van der Waals surface area contributed by atoms with Crippen LogP contribution in [0.2, 0.25) is 5.02 Å². The maximum Gasteiger partial charge on any atom is 0.276 e. The first-order valence-electron chi connectivity index (χ1n) is 13.7. The number of hydrogen-bond donors (Lipinski definition) is 0. The van der Waals surface area contributed by atoms with E-state index in [0.717, 1.165) is 5.56 Å². The van der Waals surface area contributed by atoms with Gasteiger partial charge in [-0.3, -0.25) is 19.1 Å². The van der Waals surface area contributed by atoms with Crippen LogP contribution in [-0.2, 0) is 4.79 Å². The summed E-state index contributed by atoms with van der Waals surface area (Å²) in [5.74, 6) is -0.747. The van der Waals surface area contributed by atoms with E-state index in [1.807, 2.05) is 32.6 Å². The number of carbonyl (C=O) groups is 1. The molecule has 1 aromatic carbocycles. The van der Waals surface area contributed by atoms with E-state index in [4.69, 9.17) is 16.6 Å². The van der Waals surface area contributed by atoms with Gasteiger partial charge in [-0.25, -0.2) is 9.37 Å². The molecule has 3 aromatic heterocycles. The van der Waals surface area contributed by atoms with Crippen molar-refractivity contribution in [2.75, 3.05) is 24.5 Å². The molecule has 1 saturated heterocycles. The fraction of sp³-hybridized carbons (Fsp3) is 0.281. The largest absolute Gasteiger partial charge is 0.366 e. The number of rotatable bonds is 5. The van der Waals surface area contributed by atoms with Crippen LogP contribution in [0.25, 0.3) is 28.0 Å². The molecule has 4 heterocycles. The molecule has 0 radical (unpaired) electrons. The van der Waals surface area contributed by atoms with Gasteiger partial charge in [0.1, 0.15) is 23.1 Å². The Kier molecular flexibility index (Phi) is 7.85. The lowest BCUT2D eigenvalue weighted by Gasteiger charge is -2.41. The monoisotopic (exact) mass is 584 g/mol. The summed E-state index contributed by atoms with van der Waals surface area (Å²) in [5.41, 5.74) is 2.28. The number of fused-ring (bicyclic) bond motifs is 1. The van der Waals surface area contributed by atoms with E-state index in [9.17, 15) is 19.2 Å². The zero-order chi connectivity index (χ0) is 30.3. The molecule has 0 unspecified atom stereocenters. The van der Waals surface area contributed by atoms with E-state index in [1.165, 1.54) is 16.7 Å². The number of hydrogen-bond acceptors (Lipinski definition) is 6. The Morgan fingerprint density at radius 1 is 1.24 bits per heavy atom. The Labute approximate surface area is 248 Å². The van der Waals surface area contributed by atoms with Gasteiger partial charge in [0.05, 0.1) is 27.8 Å². The maximum atomic E-state index is 15.0. The number of pyridine rings is 3. The maximum absolute atomic E-state index is 15.0. The molecule has 8 nitrogen and oxygen atoms in total. The summed E-state index contributed by atoms with van der Waals surface area (Å²) in [6.45, 7) is 12.4. The van der Waals surface area contributed by atoms with E-state index in [-0.39, 0.29) is 45.4 Å². The second kappa shape index (κ2) is 11.4. The molecule has 0 bridgehead atoms. The van der Waals surface area contributed by atoms with Gasteiger partial charge in [-0.15, -0.1) is 0 Å². The molecule has 42 heavy (non-hydrogen) atoms. The molecule has 10 heteroatoms. The predicted molar refractivity (Wildman–Crippen MR) is 163 cm³/mol. The molecule has 1 atom stereocenters. The van der Waals surface area contributed by atoms with Crippen molar-refractivity contribution in [3.8, 4) is 23.0 Å². The highest BCUT2D eigenvalue weighted by Gasteiger charge is 2.32. The van der Waals surface area contributed by atoms with E-state index < -0.39 is 11.4 Å². The molecule has 0 aliphatic carbocycles. The van der Waals surface area contributed by atoms with Crippen LogP contribution in [0.5, 0.6) is 0 Å². The Bertz CT molecular complexity index is 1840. The Hall–Kier alpha value is -4.55. The van der Waals surface area contributed by atoms with Crippen molar-refractivity contribution in [2.45, 2.75) is 39.7 Å². The molecule has 1 amide bonds. The third kappa shape index (κ3) is 4.82. The van der Waals surface area contributed by atoms with Crippen LogP contribution in [0.15, 0.2) is 60.0 Å². The first-order chi connectivity index (χ1) is 20.1. The van der Waals surface area contributed by atoms with Gasteiger partial charge in [0.25, 0.3) is 5.56 Å². The number of halogens is 2. The van der Waals surface area contributed by atoms with Crippen LogP contribution in [0.3, 0.4) is 0 Å². The van der Waals surface area contributed by atoms with Gasteiger partial charge in [0.15, 0.2) is 0 Å². The van der Waals surface area contributed by atoms with E-state index in [2.05, 4.69) is 17.6 Å². The molecule has 0 N–H and O–H groups in total. The average molecular weight is 585 g/mol. The smallest absolute Gasteiger partial charge is 0.276 e. The topological polar surface area (TPSA) is 95.1 Å². The van der Waals surface area contributed by atoms with Gasteiger partial charge < -0.3 is 9.80 Å². The molecule has 5 rings (SSSR count). The van der Waals surface area contributed by atoms with Crippen molar-refractivity contribution in [2.24, 2.45) is 0 Å². The van der Waals surface area contributed by atoms with Crippen LogP contribution in [-0.4, -0.2) is 51.0 Å². The van der Waals surface area contributed by atoms with Crippen LogP contribution in [0, 0.1) is 24.1 Å². The van der Waals surface area contributed by atoms with Crippen molar-refractivity contribution < 1.29 is 9.18 Å². The third-order valence-corrected chi connectivity index (χ3v) is 7.93. The second-order valence-electron chi connectivity index (χ2n) is 10.7. The molecular formula is C32H30ClFN6O2. The highest BCUT2D eigenvalue weighted by Crippen LogP contribution is 2.38. The Balaban J connectivity index is 1.89. The molecule has 4 aromatic rings. The normalized spacial score (nSPS) is 15.2. The number of nitriles is 1. The predicted octanol–water partition coefficient (Wildman–Crippen LogP) is 5.77. The number of aryl methyl sites for hydroxylation is 1. The summed E-state index contributed by atoms with van der Waals surface area (Å²) in [5, 5.41) is 11.0. The van der Waals surface area contributed by atoms with E-state index >= 15 is 0 Å². The Morgan fingerprint density at radius 2 is 1.98 bits per heavy atom. The van der Waals surface area contributed by atoms with Crippen molar-refractivity contribution in [3.63, 3.8) is 0 Å². The minimum atomic E-state index is -0.565. The minimum Gasteiger partial charge on any atom is -0.366 e. The molecular weight excluding hydrogens is 555 g/mol. The molecule has 0 spiro atoms. The lowest BCUT2D eigenvalue weighted by Crippen LogP contribution is -2.54. The number of carbonyl (C=O) groups excluding carboxylic acids is 1. The lowest BCUT2D eigenvalue weighted by atomic mass is 10.0. The average Bonchev–Trinajstić information content (AvgIpc) is 2.96. The fourth-order valence-corrected chi connectivity index (χ4v) is 5.89. The molecule has 214 valence electrons. The first kappa shape index (κ1) is 29.0. The molecule has 1 fully saturated rings. The number of benzene rings is 1.